The van der Waals surface area contributed by atoms with Crippen LogP contribution in [0.1, 0.15) is 251 Å². The number of unbranched alkanes of at least 4 members (excludes halogenated alkanes) is 2. The van der Waals surface area contributed by atoms with Crippen molar-refractivity contribution < 1.29 is 0 Å². The molecule has 62 heavy (non-hydrogen) atoms. The van der Waals surface area contributed by atoms with E-state index in [0.717, 1.165) is 119 Å². The number of nitrogens with zero attached hydrogens (tertiary/aromatic N) is 2. The molecule has 7 fully saturated rings. The van der Waals surface area contributed by atoms with Gasteiger partial charge in [-0.1, -0.05) is 135 Å². The summed E-state index contributed by atoms with van der Waals surface area (Å²) in [6, 6.07) is 4.75. The number of fused-ring (bicyclic) bond motifs is 2. The lowest BCUT2D eigenvalue weighted by atomic mass is 9.48. The number of hydrogen-bond donors (Lipinski definition) is 0. The lowest BCUT2D eigenvalue weighted by Gasteiger charge is -2.67. The van der Waals surface area contributed by atoms with Crippen LogP contribution < -0.4 is 0 Å². The van der Waals surface area contributed by atoms with Crippen molar-refractivity contribution in [3.63, 3.8) is 0 Å². The Hall–Kier alpha value is -0.0800. The van der Waals surface area contributed by atoms with E-state index in [1.54, 1.807) is 0 Å². The summed E-state index contributed by atoms with van der Waals surface area (Å²) in [5.74, 6) is 12.2. The molecule has 0 aromatic rings. The van der Waals surface area contributed by atoms with Crippen LogP contribution in [0.4, 0.5) is 0 Å². The third kappa shape index (κ3) is 10.9. The number of rotatable bonds is 12. The van der Waals surface area contributed by atoms with Crippen molar-refractivity contribution in [1.82, 2.24) is 9.80 Å². The van der Waals surface area contributed by atoms with Crippen LogP contribution in [0.25, 0.3) is 0 Å². The Morgan fingerprint density at radius 3 is 0.984 bits per heavy atom. The molecule has 2 heteroatoms. The van der Waals surface area contributed by atoms with Gasteiger partial charge in [-0.25, -0.2) is 0 Å². The SMILES string of the molecule is CCCCC1CC(C)C(N(C2CCC(C)CC2)C2C3CCC(C(C)(C)C)CC3C(N(C3CCC(C)CC3)C3C(C)CC(CCCC)CC3C)C3CCC(C(C)(C)C)CC32)C(C)C1. The molecule has 0 aromatic heterocycles. The van der Waals surface area contributed by atoms with Gasteiger partial charge < -0.3 is 0 Å². The zero-order valence-electron chi connectivity index (χ0n) is 44.4. The van der Waals surface area contributed by atoms with Gasteiger partial charge in [-0.15, -0.1) is 0 Å². The molecule has 2 nitrogen and oxygen atoms in total. The van der Waals surface area contributed by atoms with Crippen molar-refractivity contribution in [3.8, 4) is 0 Å². The Bertz CT molecular complexity index is 1210. The summed E-state index contributed by atoms with van der Waals surface area (Å²) < 4.78 is 0. The van der Waals surface area contributed by atoms with Gasteiger partial charge in [0.1, 0.15) is 0 Å². The Morgan fingerprint density at radius 2 is 0.694 bits per heavy atom. The van der Waals surface area contributed by atoms with Gasteiger partial charge in [-0.05, 0) is 209 Å². The lowest BCUT2D eigenvalue weighted by Crippen LogP contribution is -2.71. The average molecular weight is 860 g/mol. The molecule has 7 saturated carbocycles. The fraction of sp³-hybridized carbons (Fsp3) is 1.00. The Balaban J connectivity index is 1.37. The minimum atomic E-state index is 0.397. The highest BCUT2D eigenvalue weighted by molar-refractivity contribution is 5.14. The molecule has 0 N–H and O–H groups in total. The molecule has 0 amide bonds. The predicted molar refractivity (Wildman–Crippen MR) is 270 cm³/mol. The van der Waals surface area contributed by atoms with Gasteiger partial charge in [0, 0.05) is 36.3 Å². The van der Waals surface area contributed by atoms with E-state index in [1.165, 1.54) is 154 Å². The van der Waals surface area contributed by atoms with Crippen molar-refractivity contribution >= 4 is 0 Å². The smallest absolute Gasteiger partial charge is 0.0164 e. The largest absolute Gasteiger partial charge is 0.293 e. The quantitative estimate of drug-likeness (QED) is 0.193. The summed E-state index contributed by atoms with van der Waals surface area (Å²) in [4.78, 5) is 7.12. The second-order valence-electron chi connectivity index (χ2n) is 28.0. The topological polar surface area (TPSA) is 6.48 Å². The Labute approximate surface area is 389 Å². The predicted octanol–water partition coefficient (Wildman–Crippen LogP) is 17.1. The maximum atomic E-state index is 3.56. The Kier molecular flexibility index (Phi) is 16.9. The van der Waals surface area contributed by atoms with Crippen LogP contribution in [0.15, 0.2) is 0 Å². The molecule has 0 heterocycles. The summed E-state index contributed by atoms with van der Waals surface area (Å²) in [5, 5.41) is 0. The van der Waals surface area contributed by atoms with Crippen LogP contribution in [0, 0.1) is 93.7 Å². The summed E-state index contributed by atoms with van der Waals surface area (Å²) in [6.07, 6.45) is 35.3. The molecule has 0 spiro atoms. The maximum absolute atomic E-state index is 3.56. The van der Waals surface area contributed by atoms with Gasteiger partial charge in [-0.3, -0.25) is 9.80 Å². The maximum Gasteiger partial charge on any atom is 0.0164 e. The summed E-state index contributed by atoms with van der Waals surface area (Å²) in [7, 11) is 0. The van der Waals surface area contributed by atoms with Crippen LogP contribution >= 0.6 is 0 Å². The van der Waals surface area contributed by atoms with E-state index in [1.807, 2.05) is 0 Å². The molecule has 7 aliphatic carbocycles. The number of hydrogen-bond acceptors (Lipinski definition) is 2. The zero-order valence-corrected chi connectivity index (χ0v) is 44.4. The molecule has 12 unspecified atom stereocenters. The van der Waals surface area contributed by atoms with Crippen LogP contribution in [0.5, 0.6) is 0 Å². The van der Waals surface area contributed by atoms with Crippen molar-refractivity contribution in [1.29, 1.82) is 0 Å². The van der Waals surface area contributed by atoms with Crippen molar-refractivity contribution in [2.24, 2.45) is 93.7 Å². The third-order valence-electron chi connectivity index (χ3n) is 21.4. The zero-order chi connectivity index (χ0) is 44.7. The van der Waals surface area contributed by atoms with Crippen LogP contribution in [-0.4, -0.2) is 46.1 Å². The van der Waals surface area contributed by atoms with Crippen LogP contribution in [0.2, 0.25) is 0 Å². The summed E-state index contributed by atoms with van der Waals surface area (Å²) >= 11 is 0. The van der Waals surface area contributed by atoms with E-state index in [4.69, 9.17) is 0 Å². The monoisotopic (exact) mass is 859 g/mol. The summed E-state index contributed by atoms with van der Waals surface area (Å²) in [6.45, 7) is 37.0. The molecule has 0 radical (unpaired) electrons. The highest BCUT2D eigenvalue weighted by Crippen LogP contribution is 2.61. The Morgan fingerprint density at radius 1 is 0.371 bits per heavy atom. The highest BCUT2D eigenvalue weighted by Gasteiger charge is 2.61. The second kappa shape index (κ2) is 21.1. The van der Waals surface area contributed by atoms with E-state index in [-0.39, 0.29) is 0 Å². The first-order valence-corrected chi connectivity index (χ1v) is 29.0. The standard InChI is InChI=1S/C60H110N2/c1-15-17-19-45-33-41(5)55(42(6)34-45)61(49-27-21-39(3)22-28-49)57-51-31-25-48(60(12,13)14)38-54(51)58(52-32-26-47(37-53(52)57)59(9,10)11)62(50-29-23-40(4)24-30-50)56-43(7)35-46(20-18-16-2)36-44(56)8/h39-58H,15-38H2,1-14H3. The van der Waals surface area contributed by atoms with Gasteiger partial charge in [0.2, 0.25) is 0 Å². The molecule has 0 aromatic carbocycles. The minimum absolute atomic E-state index is 0.397. The van der Waals surface area contributed by atoms with Crippen LogP contribution in [0.3, 0.4) is 0 Å². The second-order valence-corrected chi connectivity index (χ2v) is 28.0. The fourth-order valence-electron chi connectivity index (χ4n) is 18.2. The minimum Gasteiger partial charge on any atom is -0.293 e. The molecule has 0 saturated heterocycles. The van der Waals surface area contributed by atoms with E-state index in [9.17, 15) is 0 Å². The van der Waals surface area contributed by atoms with Gasteiger partial charge >= 0.3 is 0 Å². The van der Waals surface area contributed by atoms with Crippen molar-refractivity contribution in [2.75, 3.05) is 0 Å². The molecule has 0 bridgehead atoms. The first-order chi connectivity index (χ1) is 29.4. The molecular weight excluding hydrogens is 749 g/mol. The van der Waals surface area contributed by atoms with Gasteiger partial charge in [0.05, 0.1) is 0 Å². The van der Waals surface area contributed by atoms with Crippen LogP contribution in [-0.2, 0) is 0 Å². The highest BCUT2D eigenvalue weighted by atomic mass is 15.3. The van der Waals surface area contributed by atoms with E-state index in [2.05, 4.69) is 107 Å². The lowest BCUT2D eigenvalue weighted by molar-refractivity contribution is -0.180. The first-order valence-electron chi connectivity index (χ1n) is 29.0. The summed E-state index contributed by atoms with van der Waals surface area (Å²) in [5.41, 5.74) is 0.793. The molecule has 12 atom stereocenters. The van der Waals surface area contributed by atoms with E-state index in [0.29, 0.717) is 10.8 Å². The normalized spacial score (nSPS) is 46.1. The molecule has 7 rings (SSSR count). The molecular formula is C60H110N2. The van der Waals surface area contributed by atoms with E-state index >= 15 is 0 Å². The van der Waals surface area contributed by atoms with E-state index < -0.39 is 0 Å². The fourth-order valence-corrected chi connectivity index (χ4v) is 18.2. The third-order valence-corrected chi connectivity index (χ3v) is 21.4. The average Bonchev–Trinajstić information content (AvgIpc) is 3.21. The van der Waals surface area contributed by atoms with Gasteiger partial charge in [-0.2, -0.15) is 0 Å². The van der Waals surface area contributed by atoms with Gasteiger partial charge in [0.25, 0.3) is 0 Å². The molecule has 360 valence electrons. The molecule has 0 aliphatic heterocycles. The van der Waals surface area contributed by atoms with Crippen molar-refractivity contribution in [2.45, 2.75) is 287 Å². The van der Waals surface area contributed by atoms with Crippen molar-refractivity contribution in [3.05, 3.63) is 0 Å². The van der Waals surface area contributed by atoms with Gasteiger partial charge in [0.15, 0.2) is 0 Å². The first kappa shape index (κ1) is 49.8. The molecule has 7 aliphatic rings.